The number of aryl methyl sites for hydroxylation is 1. The van der Waals surface area contributed by atoms with Crippen LogP contribution in [0, 0.1) is 6.92 Å². The van der Waals surface area contributed by atoms with E-state index in [-0.39, 0.29) is 28.9 Å². The minimum absolute atomic E-state index is 0.0449. The van der Waals surface area contributed by atoms with Gasteiger partial charge in [-0.1, -0.05) is 18.6 Å². The van der Waals surface area contributed by atoms with E-state index in [1.807, 2.05) is 0 Å². The van der Waals surface area contributed by atoms with Crippen molar-refractivity contribution in [2.45, 2.75) is 57.3 Å². The van der Waals surface area contributed by atoms with Gasteiger partial charge in [-0.3, -0.25) is 4.79 Å². The molecule has 0 radical (unpaired) electrons. The fourth-order valence-electron chi connectivity index (χ4n) is 3.95. The molecule has 2 aromatic carbocycles. The van der Waals surface area contributed by atoms with Gasteiger partial charge in [0.1, 0.15) is 28.6 Å². The van der Waals surface area contributed by atoms with E-state index in [0.29, 0.717) is 30.1 Å². The zero-order chi connectivity index (χ0) is 22.7. The summed E-state index contributed by atoms with van der Waals surface area (Å²) in [7, 11) is 0. The molecule has 8 heteroatoms. The number of unbranched alkanes of at least 4 members (excludes halogenated alkanes) is 2. The van der Waals surface area contributed by atoms with E-state index in [9.17, 15) is 20.1 Å². The summed E-state index contributed by atoms with van der Waals surface area (Å²) in [6, 6.07) is 7.73. The van der Waals surface area contributed by atoms with Crippen LogP contribution in [0.3, 0.4) is 0 Å². The third-order valence-corrected chi connectivity index (χ3v) is 5.84. The second-order valence-electron chi connectivity index (χ2n) is 8.24. The molecule has 1 fully saturated rings. The van der Waals surface area contributed by atoms with Gasteiger partial charge in [0.2, 0.25) is 5.78 Å². The highest BCUT2D eigenvalue weighted by atomic mass is 17.2. The van der Waals surface area contributed by atoms with E-state index in [2.05, 4.69) is 0 Å². The average molecular weight is 444 g/mol. The van der Waals surface area contributed by atoms with Gasteiger partial charge in [-0.25, -0.2) is 9.78 Å². The number of phenolic OH excluding ortho intramolecular Hbond substituents is 2. The summed E-state index contributed by atoms with van der Waals surface area (Å²) in [6.45, 7) is 2.85. The van der Waals surface area contributed by atoms with E-state index in [1.165, 1.54) is 12.1 Å². The Balaban J connectivity index is 1.39. The standard InChI is InChI=1S/C24H28O8/c1-14-6-7-15(11-18(14)25)24-23(28)22(27)21-19(26)12-17(13-20(21)31-24)29-9-4-2-3-5-16-8-10-30-32-16/h6-7,11-13,16,23-26,28H,2-5,8-10H2,1H3. The number of fused-ring (bicyclic) bond motifs is 1. The van der Waals surface area contributed by atoms with Crippen LogP contribution in [0.2, 0.25) is 0 Å². The Morgan fingerprint density at radius 2 is 1.94 bits per heavy atom. The van der Waals surface area contributed by atoms with Crippen molar-refractivity contribution in [1.29, 1.82) is 0 Å². The lowest BCUT2D eigenvalue weighted by Gasteiger charge is -2.30. The molecule has 2 aliphatic heterocycles. The Hall–Kier alpha value is -2.81. The number of ether oxygens (including phenoxy) is 2. The summed E-state index contributed by atoms with van der Waals surface area (Å²) in [4.78, 5) is 22.7. The molecule has 0 bridgehead atoms. The largest absolute Gasteiger partial charge is 0.508 e. The zero-order valence-electron chi connectivity index (χ0n) is 18.0. The van der Waals surface area contributed by atoms with E-state index in [1.54, 1.807) is 25.1 Å². The molecule has 172 valence electrons. The molecule has 3 atom stereocenters. The topological polar surface area (TPSA) is 115 Å². The van der Waals surface area contributed by atoms with E-state index in [0.717, 1.165) is 32.1 Å². The SMILES string of the molecule is Cc1ccc(C2Oc3cc(OCCCCCC4CCOO4)cc(O)c3C(=O)C2O)cc1O. The molecule has 0 amide bonds. The van der Waals surface area contributed by atoms with Crippen molar-refractivity contribution in [3.05, 3.63) is 47.0 Å². The molecule has 3 unspecified atom stereocenters. The molecule has 0 spiro atoms. The second-order valence-corrected chi connectivity index (χ2v) is 8.24. The van der Waals surface area contributed by atoms with E-state index in [4.69, 9.17) is 19.2 Å². The molecule has 8 nitrogen and oxygen atoms in total. The summed E-state index contributed by atoms with van der Waals surface area (Å²) in [5.74, 6) is -0.380. The second kappa shape index (κ2) is 9.77. The lowest BCUT2D eigenvalue weighted by molar-refractivity contribution is -0.275. The maximum atomic E-state index is 12.7. The maximum Gasteiger partial charge on any atom is 0.202 e. The van der Waals surface area contributed by atoms with Crippen molar-refractivity contribution < 1.29 is 39.4 Å². The minimum Gasteiger partial charge on any atom is -0.508 e. The predicted octanol–water partition coefficient (Wildman–Crippen LogP) is 3.74. The Labute approximate surface area is 186 Å². The normalized spacial score (nSPS) is 22.4. The number of carbonyl (C=O) groups is 1. The van der Waals surface area contributed by atoms with Gasteiger partial charge < -0.3 is 24.8 Å². The molecule has 2 heterocycles. The first-order valence-corrected chi connectivity index (χ1v) is 10.9. The molecule has 0 aliphatic carbocycles. The van der Waals surface area contributed by atoms with Gasteiger partial charge in [-0.15, -0.1) is 0 Å². The first-order chi connectivity index (χ1) is 15.4. The molecule has 4 rings (SSSR count). The van der Waals surface area contributed by atoms with Crippen LogP contribution in [0.1, 0.15) is 59.7 Å². The number of carbonyl (C=O) groups excluding carboxylic acids is 1. The Morgan fingerprint density at radius 1 is 1.09 bits per heavy atom. The highest BCUT2D eigenvalue weighted by Gasteiger charge is 2.39. The Kier molecular flexibility index (Phi) is 6.83. The predicted molar refractivity (Wildman–Crippen MR) is 114 cm³/mol. The lowest BCUT2D eigenvalue weighted by atomic mass is 9.92. The van der Waals surface area contributed by atoms with Crippen molar-refractivity contribution in [3.8, 4) is 23.0 Å². The van der Waals surface area contributed by atoms with Gasteiger partial charge in [0, 0.05) is 18.6 Å². The molecule has 2 aromatic rings. The van der Waals surface area contributed by atoms with Gasteiger partial charge >= 0.3 is 0 Å². The van der Waals surface area contributed by atoms with Crippen LogP contribution in [0.5, 0.6) is 23.0 Å². The average Bonchev–Trinajstić information content (AvgIpc) is 3.28. The fraction of sp³-hybridized carbons (Fsp3) is 0.458. The van der Waals surface area contributed by atoms with Crippen molar-refractivity contribution in [2.75, 3.05) is 13.2 Å². The third-order valence-electron chi connectivity index (χ3n) is 5.84. The summed E-state index contributed by atoms with van der Waals surface area (Å²) in [5.41, 5.74) is 1.06. The van der Waals surface area contributed by atoms with Crippen LogP contribution in [0.4, 0.5) is 0 Å². The van der Waals surface area contributed by atoms with Crippen molar-refractivity contribution >= 4 is 5.78 Å². The van der Waals surface area contributed by atoms with Crippen LogP contribution in [0.15, 0.2) is 30.3 Å². The first-order valence-electron chi connectivity index (χ1n) is 10.9. The molecule has 3 N–H and O–H groups in total. The van der Waals surface area contributed by atoms with Crippen LogP contribution in [-0.2, 0) is 9.78 Å². The summed E-state index contributed by atoms with van der Waals surface area (Å²) < 4.78 is 11.6. The quantitative estimate of drug-likeness (QED) is 0.417. The van der Waals surface area contributed by atoms with Crippen molar-refractivity contribution in [3.63, 3.8) is 0 Å². The molecule has 0 saturated carbocycles. The molecular formula is C24H28O8. The lowest BCUT2D eigenvalue weighted by Crippen LogP contribution is -2.36. The molecular weight excluding hydrogens is 416 g/mol. The van der Waals surface area contributed by atoms with E-state index < -0.39 is 18.0 Å². The van der Waals surface area contributed by atoms with Crippen LogP contribution in [0.25, 0.3) is 0 Å². The monoisotopic (exact) mass is 444 g/mol. The number of hydrogen-bond donors (Lipinski definition) is 3. The molecule has 1 saturated heterocycles. The minimum atomic E-state index is -1.50. The number of rotatable bonds is 8. The summed E-state index contributed by atoms with van der Waals surface area (Å²) >= 11 is 0. The van der Waals surface area contributed by atoms with Gasteiger partial charge in [0.15, 0.2) is 12.2 Å². The number of benzene rings is 2. The van der Waals surface area contributed by atoms with Crippen molar-refractivity contribution in [1.82, 2.24) is 0 Å². The van der Waals surface area contributed by atoms with Crippen LogP contribution < -0.4 is 9.47 Å². The maximum absolute atomic E-state index is 12.7. The fourth-order valence-corrected chi connectivity index (χ4v) is 3.95. The number of ketones is 1. The van der Waals surface area contributed by atoms with Gasteiger partial charge in [-0.2, -0.15) is 0 Å². The summed E-state index contributed by atoms with van der Waals surface area (Å²) in [6.07, 6.45) is 2.37. The highest BCUT2D eigenvalue weighted by molar-refractivity contribution is 6.05. The van der Waals surface area contributed by atoms with Gasteiger partial charge in [-0.05, 0) is 43.4 Å². The highest BCUT2D eigenvalue weighted by Crippen LogP contribution is 2.42. The summed E-state index contributed by atoms with van der Waals surface area (Å²) in [5, 5.41) is 30.8. The molecule has 0 aromatic heterocycles. The number of aliphatic hydroxyl groups excluding tert-OH is 1. The number of aliphatic hydroxyl groups is 1. The molecule has 2 aliphatic rings. The Morgan fingerprint density at radius 3 is 2.69 bits per heavy atom. The Bertz CT molecular complexity index is 967. The van der Waals surface area contributed by atoms with Crippen LogP contribution >= 0.6 is 0 Å². The van der Waals surface area contributed by atoms with Gasteiger partial charge in [0.25, 0.3) is 0 Å². The number of phenols is 2. The zero-order valence-corrected chi connectivity index (χ0v) is 18.0. The molecule has 32 heavy (non-hydrogen) atoms. The smallest absolute Gasteiger partial charge is 0.202 e. The van der Waals surface area contributed by atoms with Gasteiger partial charge in [0.05, 0.1) is 19.3 Å². The van der Waals surface area contributed by atoms with Crippen LogP contribution in [-0.4, -0.2) is 46.5 Å². The van der Waals surface area contributed by atoms with Crippen molar-refractivity contribution in [2.24, 2.45) is 0 Å². The third kappa shape index (κ3) is 4.82. The first kappa shape index (κ1) is 22.4. The van der Waals surface area contributed by atoms with E-state index >= 15 is 0 Å². The number of Topliss-reactive ketones (excluding diaryl/α,β-unsaturated/α-hetero) is 1. The number of aromatic hydroxyl groups is 2. The number of hydrogen-bond acceptors (Lipinski definition) is 8.